The van der Waals surface area contributed by atoms with Crippen LogP contribution >= 0.6 is 0 Å². The molecule has 2 aromatic rings. The number of hydrogen-bond acceptors (Lipinski definition) is 5. The van der Waals surface area contributed by atoms with Crippen molar-refractivity contribution in [3.63, 3.8) is 0 Å². The lowest BCUT2D eigenvalue weighted by Gasteiger charge is -2.34. The molecule has 160 valence electrons. The largest absolute Gasteiger partial charge is 0.462 e. The predicted molar refractivity (Wildman–Crippen MR) is 114 cm³/mol. The number of ether oxygens (including phenoxy) is 1. The van der Waals surface area contributed by atoms with Crippen LogP contribution in [-0.4, -0.2) is 71.9 Å². The number of aromatic amines is 1. The van der Waals surface area contributed by atoms with Crippen LogP contribution in [0.4, 0.5) is 5.69 Å². The number of carbonyl (C=O) groups is 3. The summed E-state index contributed by atoms with van der Waals surface area (Å²) in [6.45, 7) is 8.09. The fraction of sp³-hybridized carbons (Fsp3) is 0.409. The molecule has 0 aliphatic carbocycles. The van der Waals surface area contributed by atoms with E-state index in [2.05, 4.69) is 10.3 Å². The molecule has 1 aromatic heterocycles. The van der Waals surface area contributed by atoms with Crippen LogP contribution in [0.3, 0.4) is 0 Å². The normalized spacial score (nSPS) is 14.4. The van der Waals surface area contributed by atoms with E-state index >= 15 is 0 Å². The Morgan fingerprint density at radius 1 is 1.07 bits per heavy atom. The molecular formula is C22H28N4O4. The number of carbonyl (C=O) groups excluding carboxylic acids is 3. The topological polar surface area (TPSA) is 94.7 Å². The first-order valence-corrected chi connectivity index (χ1v) is 10.1. The van der Waals surface area contributed by atoms with Crippen LogP contribution in [0.25, 0.3) is 0 Å². The molecule has 2 N–H and O–H groups in total. The second kappa shape index (κ2) is 9.58. The summed E-state index contributed by atoms with van der Waals surface area (Å²) in [7, 11) is 0. The Bertz CT molecular complexity index is 915. The van der Waals surface area contributed by atoms with E-state index in [1.165, 1.54) is 0 Å². The number of aryl methyl sites for hydroxylation is 1. The van der Waals surface area contributed by atoms with Gasteiger partial charge in [0.25, 0.3) is 5.91 Å². The number of para-hydroxylation sites is 1. The monoisotopic (exact) mass is 412 g/mol. The number of hydrogen-bond donors (Lipinski definition) is 2. The highest BCUT2D eigenvalue weighted by molar-refractivity contribution is 6.00. The summed E-state index contributed by atoms with van der Waals surface area (Å²) < 4.78 is 5.09. The van der Waals surface area contributed by atoms with Gasteiger partial charge in [-0.3, -0.25) is 14.5 Å². The molecule has 1 saturated heterocycles. The van der Waals surface area contributed by atoms with Crippen LogP contribution in [0.5, 0.6) is 0 Å². The number of piperazine rings is 1. The summed E-state index contributed by atoms with van der Waals surface area (Å²) in [6, 6.07) is 9.34. The fourth-order valence-electron chi connectivity index (χ4n) is 3.67. The zero-order chi connectivity index (χ0) is 21.7. The molecule has 8 heteroatoms. The average Bonchev–Trinajstić information content (AvgIpc) is 3.03. The Morgan fingerprint density at radius 3 is 2.37 bits per heavy atom. The van der Waals surface area contributed by atoms with Crippen molar-refractivity contribution in [2.24, 2.45) is 0 Å². The van der Waals surface area contributed by atoms with E-state index < -0.39 is 5.97 Å². The number of anilines is 1. The maximum Gasteiger partial charge on any atom is 0.340 e. The quantitative estimate of drug-likeness (QED) is 0.710. The Balaban J connectivity index is 1.56. The van der Waals surface area contributed by atoms with Gasteiger partial charge in [0, 0.05) is 37.6 Å². The first kappa shape index (κ1) is 21.6. The van der Waals surface area contributed by atoms with E-state index in [1.807, 2.05) is 35.2 Å². The molecule has 2 amide bonds. The molecule has 1 aromatic carbocycles. The van der Waals surface area contributed by atoms with Crippen LogP contribution < -0.4 is 5.32 Å². The summed E-state index contributed by atoms with van der Waals surface area (Å²) in [4.78, 5) is 44.2. The van der Waals surface area contributed by atoms with Crippen LogP contribution in [-0.2, 0) is 9.53 Å². The number of nitrogens with zero attached hydrogens (tertiary/aromatic N) is 2. The van der Waals surface area contributed by atoms with E-state index in [0.717, 1.165) is 5.69 Å². The fourth-order valence-corrected chi connectivity index (χ4v) is 3.67. The highest BCUT2D eigenvalue weighted by atomic mass is 16.5. The van der Waals surface area contributed by atoms with Crippen molar-refractivity contribution in [2.75, 3.05) is 44.6 Å². The minimum Gasteiger partial charge on any atom is -0.462 e. The summed E-state index contributed by atoms with van der Waals surface area (Å²) in [5.74, 6) is -0.632. The standard InChI is InChI=1S/C22H28N4O4/c1-4-30-22(29)19-15(2)20(23-16(19)3)21(28)26-12-10-25(11-13-26)14-18(27)24-17-8-6-5-7-9-17/h5-9,23H,4,10-14H2,1-3H3,(H,24,27). The summed E-state index contributed by atoms with van der Waals surface area (Å²) in [5.41, 5.74) is 2.86. The molecule has 1 fully saturated rings. The molecule has 1 aliphatic rings. The first-order chi connectivity index (χ1) is 14.4. The predicted octanol–water partition coefficient (Wildman–Crippen LogP) is 2.20. The van der Waals surface area contributed by atoms with Crippen molar-refractivity contribution in [3.05, 3.63) is 52.8 Å². The van der Waals surface area contributed by atoms with E-state index in [1.54, 1.807) is 25.7 Å². The molecule has 0 spiro atoms. The second-order valence-electron chi connectivity index (χ2n) is 7.33. The van der Waals surface area contributed by atoms with Gasteiger partial charge in [-0.05, 0) is 38.5 Å². The Kier molecular flexibility index (Phi) is 6.89. The van der Waals surface area contributed by atoms with E-state index in [9.17, 15) is 14.4 Å². The van der Waals surface area contributed by atoms with Crippen molar-refractivity contribution in [2.45, 2.75) is 20.8 Å². The smallest absolute Gasteiger partial charge is 0.340 e. The Hall–Kier alpha value is -3.13. The maximum atomic E-state index is 13.0. The lowest BCUT2D eigenvalue weighted by Crippen LogP contribution is -2.50. The molecule has 0 saturated carbocycles. The number of rotatable bonds is 6. The Morgan fingerprint density at radius 2 is 1.73 bits per heavy atom. The molecule has 0 unspecified atom stereocenters. The number of amides is 2. The van der Waals surface area contributed by atoms with Gasteiger partial charge in [-0.2, -0.15) is 0 Å². The van der Waals surface area contributed by atoms with Gasteiger partial charge >= 0.3 is 5.97 Å². The van der Waals surface area contributed by atoms with E-state index in [4.69, 9.17) is 4.74 Å². The van der Waals surface area contributed by atoms with Gasteiger partial charge in [0.05, 0.1) is 18.7 Å². The molecule has 0 atom stereocenters. The van der Waals surface area contributed by atoms with Crippen molar-refractivity contribution < 1.29 is 19.1 Å². The molecule has 1 aliphatic heterocycles. The van der Waals surface area contributed by atoms with Gasteiger partial charge in [-0.1, -0.05) is 18.2 Å². The zero-order valence-electron chi connectivity index (χ0n) is 17.7. The maximum absolute atomic E-state index is 13.0. The second-order valence-corrected chi connectivity index (χ2v) is 7.33. The molecule has 0 bridgehead atoms. The third kappa shape index (κ3) is 4.88. The molecule has 2 heterocycles. The van der Waals surface area contributed by atoms with Gasteiger partial charge in [0.15, 0.2) is 0 Å². The van der Waals surface area contributed by atoms with Crippen LogP contribution in [0, 0.1) is 13.8 Å². The highest BCUT2D eigenvalue weighted by Crippen LogP contribution is 2.21. The van der Waals surface area contributed by atoms with Gasteiger partial charge in [0.2, 0.25) is 5.91 Å². The van der Waals surface area contributed by atoms with Gasteiger partial charge in [-0.15, -0.1) is 0 Å². The summed E-state index contributed by atoms with van der Waals surface area (Å²) in [5, 5.41) is 2.88. The molecule has 8 nitrogen and oxygen atoms in total. The third-order valence-corrected chi connectivity index (χ3v) is 5.22. The van der Waals surface area contributed by atoms with Gasteiger partial charge < -0.3 is 19.9 Å². The lowest BCUT2D eigenvalue weighted by molar-refractivity contribution is -0.117. The first-order valence-electron chi connectivity index (χ1n) is 10.1. The zero-order valence-corrected chi connectivity index (χ0v) is 17.7. The van der Waals surface area contributed by atoms with Crippen LogP contribution in [0.15, 0.2) is 30.3 Å². The molecule has 30 heavy (non-hydrogen) atoms. The number of nitrogens with one attached hydrogen (secondary N) is 2. The van der Waals surface area contributed by atoms with Crippen molar-refractivity contribution in [1.82, 2.24) is 14.8 Å². The summed E-state index contributed by atoms with van der Waals surface area (Å²) in [6.07, 6.45) is 0. The molecule has 0 radical (unpaired) electrons. The lowest BCUT2D eigenvalue weighted by atomic mass is 10.1. The number of benzene rings is 1. The highest BCUT2D eigenvalue weighted by Gasteiger charge is 2.28. The minimum atomic E-state index is -0.419. The average molecular weight is 412 g/mol. The number of H-pyrrole nitrogens is 1. The number of aromatic nitrogens is 1. The van der Waals surface area contributed by atoms with E-state index in [0.29, 0.717) is 48.7 Å². The molecular weight excluding hydrogens is 384 g/mol. The van der Waals surface area contributed by atoms with Gasteiger partial charge in [-0.25, -0.2) is 4.79 Å². The van der Waals surface area contributed by atoms with Crippen LogP contribution in [0.1, 0.15) is 39.0 Å². The van der Waals surface area contributed by atoms with Crippen molar-refractivity contribution in [3.8, 4) is 0 Å². The number of esters is 1. The van der Waals surface area contributed by atoms with Crippen LogP contribution in [0.2, 0.25) is 0 Å². The summed E-state index contributed by atoms with van der Waals surface area (Å²) >= 11 is 0. The SMILES string of the molecule is CCOC(=O)c1c(C)[nH]c(C(=O)N2CCN(CC(=O)Nc3ccccc3)CC2)c1C. The minimum absolute atomic E-state index is 0.0732. The molecule has 3 rings (SSSR count). The van der Waals surface area contributed by atoms with Crippen molar-refractivity contribution >= 4 is 23.5 Å². The van der Waals surface area contributed by atoms with E-state index in [-0.39, 0.29) is 25.0 Å². The van der Waals surface area contributed by atoms with Crippen molar-refractivity contribution in [1.29, 1.82) is 0 Å². The third-order valence-electron chi connectivity index (χ3n) is 5.22. The Labute approximate surface area is 176 Å². The van der Waals surface area contributed by atoms with Gasteiger partial charge in [0.1, 0.15) is 5.69 Å².